The third kappa shape index (κ3) is 3.23. The SMILES string of the molecule is CC(C)(C)OC(=O)c1ccc2c(c1)COCCN2. The van der Waals surface area contributed by atoms with E-state index < -0.39 is 5.60 Å². The first-order chi connectivity index (χ1) is 8.46. The highest BCUT2D eigenvalue weighted by Gasteiger charge is 2.19. The number of anilines is 1. The van der Waals surface area contributed by atoms with Crippen molar-refractivity contribution in [3.8, 4) is 0 Å². The normalized spacial score (nSPS) is 15.3. The van der Waals surface area contributed by atoms with E-state index in [4.69, 9.17) is 9.47 Å². The number of benzene rings is 1. The minimum Gasteiger partial charge on any atom is -0.456 e. The van der Waals surface area contributed by atoms with Gasteiger partial charge in [-0.05, 0) is 39.0 Å². The van der Waals surface area contributed by atoms with Gasteiger partial charge < -0.3 is 14.8 Å². The van der Waals surface area contributed by atoms with Gasteiger partial charge in [0.05, 0.1) is 18.8 Å². The van der Waals surface area contributed by atoms with Crippen LogP contribution in [0.15, 0.2) is 18.2 Å². The summed E-state index contributed by atoms with van der Waals surface area (Å²) in [4.78, 5) is 11.9. The summed E-state index contributed by atoms with van der Waals surface area (Å²) in [6, 6.07) is 5.52. The first-order valence-corrected chi connectivity index (χ1v) is 6.13. The molecule has 0 aromatic heterocycles. The van der Waals surface area contributed by atoms with Gasteiger partial charge in [-0.1, -0.05) is 0 Å². The smallest absolute Gasteiger partial charge is 0.338 e. The minimum absolute atomic E-state index is 0.297. The Hall–Kier alpha value is -1.55. The van der Waals surface area contributed by atoms with E-state index in [1.165, 1.54) is 0 Å². The third-order valence-electron chi connectivity index (χ3n) is 2.56. The highest BCUT2D eigenvalue weighted by molar-refractivity contribution is 5.90. The number of hydrogen-bond acceptors (Lipinski definition) is 4. The molecule has 1 aromatic carbocycles. The van der Waals surface area contributed by atoms with Crippen molar-refractivity contribution in [1.29, 1.82) is 0 Å². The summed E-state index contributed by atoms with van der Waals surface area (Å²) in [5, 5.41) is 3.26. The number of fused-ring (bicyclic) bond motifs is 1. The minimum atomic E-state index is -0.474. The molecule has 0 saturated heterocycles. The van der Waals surface area contributed by atoms with Crippen molar-refractivity contribution >= 4 is 11.7 Å². The highest BCUT2D eigenvalue weighted by Crippen LogP contribution is 2.22. The summed E-state index contributed by atoms with van der Waals surface area (Å²) in [5.41, 5.74) is 2.12. The molecule has 0 atom stereocenters. The maximum absolute atomic E-state index is 11.9. The zero-order chi connectivity index (χ0) is 13.2. The van der Waals surface area contributed by atoms with Crippen molar-refractivity contribution < 1.29 is 14.3 Å². The van der Waals surface area contributed by atoms with E-state index in [-0.39, 0.29) is 5.97 Å². The van der Waals surface area contributed by atoms with Gasteiger partial charge >= 0.3 is 5.97 Å². The summed E-state index contributed by atoms with van der Waals surface area (Å²) in [6.45, 7) is 7.57. The Labute approximate surface area is 107 Å². The second-order valence-electron chi connectivity index (χ2n) is 5.35. The molecule has 2 rings (SSSR count). The summed E-state index contributed by atoms with van der Waals surface area (Å²) >= 11 is 0. The Kier molecular flexibility index (Phi) is 3.57. The van der Waals surface area contributed by atoms with Gasteiger partial charge in [-0.15, -0.1) is 0 Å². The third-order valence-corrected chi connectivity index (χ3v) is 2.56. The van der Waals surface area contributed by atoms with Crippen LogP contribution in [-0.4, -0.2) is 24.7 Å². The average molecular weight is 249 g/mol. The molecule has 1 N–H and O–H groups in total. The number of esters is 1. The van der Waals surface area contributed by atoms with E-state index in [0.29, 0.717) is 18.8 Å². The van der Waals surface area contributed by atoms with Gasteiger partial charge in [-0.25, -0.2) is 4.79 Å². The number of hydrogen-bond donors (Lipinski definition) is 1. The molecule has 4 nitrogen and oxygen atoms in total. The van der Waals surface area contributed by atoms with Crippen molar-refractivity contribution in [3.63, 3.8) is 0 Å². The van der Waals surface area contributed by atoms with Crippen LogP contribution < -0.4 is 5.32 Å². The quantitative estimate of drug-likeness (QED) is 0.777. The van der Waals surface area contributed by atoms with Crippen LogP contribution in [0.1, 0.15) is 36.7 Å². The predicted molar refractivity (Wildman–Crippen MR) is 69.8 cm³/mol. The van der Waals surface area contributed by atoms with Gasteiger partial charge in [0, 0.05) is 17.8 Å². The van der Waals surface area contributed by atoms with E-state index in [0.717, 1.165) is 17.8 Å². The van der Waals surface area contributed by atoms with E-state index in [1.807, 2.05) is 32.9 Å². The van der Waals surface area contributed by atoms with E-state index in [1.54, 1.807) is 6.07 Å². The van der Waals surface area contributed by atoms with Crippen molar-refractivity contribution in [3.05, 3.63) is 29.3 Å². The van der Waals surface area contributed by atoms with Crippen molar-refractivity contribution in [1.82, 2.24) is 0 Å². The van der Waals surface area contributed by atoms with Gasteiger partial charge in [0.1, 0.15) is 5.60 Å². The summed E-state index contributed by atoms with van der Waals surface area (Å²) in [5.74, 6) is -0.297. The van der Waals surface area contributed by atoms with Crippen LogP contribution in [0.3, 0.4) is 0 Å². The Morgan fingerprint density at radius 2 is 2.17 bits per heavy atom. The second-order valence-corrected chi connectivity index (χ2v) is 5.35. The summed E-state index contributed by atoms with van der Waals surface area (Å²) in [6.07, 6.45) is 0. The maximum Gasteiger partial charge on any atom is 0.338 e. The molecule has 1 aliphatic heterocycles. The molecule has 0 saturated carbocycles. The van der Waals surface area contributed by atoms with E-state index >= 15 is 0 Å². The predicted octanol–water partition coefficient (Wildman–Crippen LogP) is 2.58. The van der Waals surface area contributed by atoms with E-state index in [9.17, 15) is 4.79 Å². The molecular weight excluding hydrogens is 230 g/mol. The number of carbonyl (C=O) groups is 1. The monoisotopic (exact) mass is 249 g/mol. The molecule has 0 spiro atoms. The van der Waals surface area contributed by atoms with Crippen LogP contribution in [-0.2, 0) is 16.1 Å². The van der Waals surface area contributed by atoms with Crippen molar-refractivity contribution in [2.45, 2.75) is 33.0 Å². The topological polar surface area (TPSA) is 47.6 Å². The molecule has 1 heterocycles. The lowest BCUT2D eigenvalue weighted by atomic mass is 10.1. The number of rotatable bonds is 1. The molecule has 1 aliphatic rings. The lowest BCUT2D eigenvalue weighted by molar-refractivity contribution is 0.00693. The molecule has 0 aliphatic carbocycles. The fourth-order valence-electron chi connectivity index (χ4n) is 1.79. The average Bonchev–Trinajstić information content (AvgIpc) is 2.50. The van der Waals surface area contributed by atoms with Gasteiger partial charge in [0.15, 0.2) is 0 Å². The van der Waals surface area contributed by atoms with E-state index in [2.05, 4.69) is 5.32 Å². The van der Waals surface area contributed by atoms with Crippen molar-refractivity contribution in [2.24, 2.45) is 0 Å². The lowest BCUT2D eigenvalue weighted by Gasteiger charge is -2.20. The van der Waals surface area contributed by atoms with Crippen LogP contribution in [0.5, 0.6) is 0 Å². The number of carbonyl (C=O) groups excluding carboxylic acids is 1. The van der Waals surface area contributed by atoms with Gasteiger partial charge in [0.2, 0.25) is 0 Å². The standard InChI is InChI=1S/C14H19NO3/c1-14(2,3)18-13(16)10-4-5-12-11(8-10)9-17-7-6-15-12/h4-5,8,15H,6-7,9H2,1-3H3. The van der Waals surface area contributed by atoms with Crippen LogP contribution in [0.25, 0.3) is 0 Å². The zero-order valence-corrected chi connectivity index (χ0v) is 11.1. The molecule has 0 bridgehead atoms. The summed E-state index contributed by atoms with van der Waals surface area (Å²) in [7, 11) is 0. The molecular formula is C14H19NO3. The Morgan fingerprint density at radius 3 is 2.89 bits per heavy atom. The lowest BCUT2D eigenvalue weighted by Crippen LogP contribution is -2.24. The number of nitrogens with one attached hydrogen (secondary N) is 1. The maximum atomic E-state index is 11.9. The van der Waals surface area contributed by atoms with Gasteiger partial charge in [-0.2, -0.15) is 0 Å². The van der Waals surface area contributed by atoms with Crippen LogP contribution >= 0.6 is 0 Å². The molecule has 1 aromatic rings. The molecule has 0 unspecified atom stereocenters. The molecule has 98 valence electrons. The molecule has 4 heteroatoms. The molecule has 18 heavy (non-hydrogen) atoms. The second kappa shape index (κ2) is 4.98. The van der Waals surface area contributed by atoms with Gasteiger partial charge in [-0.3, -0.25) is 0 Å². The van der Waals surface area contributed by atoms with Gasteiger partial charge in [0.25, 0.3) is 0 Å². The molecule has 0 amide bonds. The van der Waals surface area contributed by atoms with Crippen molar-refractivity contribution in [2.75, 3.05) is 18.5 Å². The van der Waals surface area contributed by atoms with Crippen LogP contribution in [0.2, 0.25) is 0 Å². The summed E-state index contributed by atoms with van der Waals surface area (Å²) < 4.78 is 10.8. The largest absolute Gasteiger partial charge is 0.456 e. The number of ether oxygens (including phenoxy) is 2. The Morgan fingerprint density at radius 1 is 1.39 bits per heavy atom. The first-order valence-electron chi connectivity index (χ1n) is 6.13. The molecule has 0 fully saturated rings. The Bertz CT molecular complexity index is 449. The van der Waals surface area contributed by atoms with Crippen LogP contribution in [0, 0.1) is 0 Å². The first kappa shape index (κ1) is 12.9. The zero-order valence-electron chi connectivity index (χ0n) is 11.1. The fourth-order valence-corrected chi connectivity index (χ4v) is 1.79. The molecule has 0 radical (unpaired) electrons. The Balaban J connectivity index is 2.20. The highest BCUT2D eigenvalue weighted by atomic mass is 16.6. The van der Waals surface area contributed by atoms with Crippen LogP contribution in [0.4, 0.5) is 5.69 Å². The fraction of sp³-hybridized carbons (Fsp3) is 0.500.